The van der Waals surface area contributed by atoms with Gasteiger partial charge in [0, 0.05) is 49.4 Å². The van der Waals surface area contributed by atoms with Crippen molar-refractivity contribution < 1.29 is 4.79 Å². The van der Waals surface area contributed by atoms with Gasteiger partial charge in [-0.15, -0.1) is 0 Å². The Morgan fingerprint density at radius 1 is 1.09 bits per heavy atom. The van der Waals surface area contributed by atoms with Gasteiger partial charge in [-0.1, -0.05) is 23.7 Å². The number of carbonyl (C=O) groups excluding carboxylic acids is 1. The van der Waals surface area contributed by atoms with Gasteiger partial charge >= 0.3 is 0 Å². The lowest BCUT2D eigenvalue weighted by atomic mass is 10.1. The van der Waals surface area contributed by atoms with E-state index in [1.165, 1.54) is 5.56 Å². The van der Waals surface area contributed by atoms with Crippen molar-refractivity contribution in [1.82, 2.24) is 24.6 Å². The Labute approximate surface area is 206 Å². The summed E-state index contributed by atoms with van der Waals surface area (Å²) < 4.78 is 2.00. The Hall–Kier alpha value is -2.44. The molecule has 3 heterocycles. The van der Waals surface area contributed by atoms with Gasteiger partial charge in [0.2, 0.25) is 0 Å². The third-order valence-corrected chi connectivity index (χ3v) is 7.14. The largest absolute Gasteiger partial charge is 0.337 e. The number of benzene rings is 1. The van der Waals surface area contributed by atoms with Gasteiger partial charge in [-0.05, 0) is 70.7 Å². The highest BCUT2D eigenvalue weighted by atomic mass is 35.5. The van der Waals surface area contributed by atoms with Gasteiger partial charge in [-0.3, -0.25) is 9.69 Å². The number of aromatic nitrogens is 3. The Kier molecular flexibility index (Phi) is 6.15. The van der Waals surface area contributed by atoms with Crippen LogP contribution in [0, 0.1) is 6.92 Å². The summed E-state index contributed by atoms with van der Waals surface area (Å²) in [5.74, 6) is 0.581. The molecule has 0 bridgehead atoms. The Balaban J connectivity index is 1.41. The Morgan fingerprint density at radius 2 is 1.82 bits per heavy atom. The molecule has 2 aliphatic rings. The molecule has 0 radical (unpaired) electrons. The van der Waals surface area contributed by atoms with Crippen molar-refractivity contribution in [3.8, 4) is 0 Å². The fourth-order valence-electron chi connectivity index (χ4n) is 4.88. The SMILES string of the molecule is Cc1nn(C(C)(C)C)c2nc(C3CC3)cc(C(=O)N3CCCN(Cc4ccc(Cl)cc4)CC3)c12. The molecule has 1 aliphatic carbocycles. The molecule has 2 fully saturated rings. The topological polar surface area (TPSA) is 54.3 Å². The van der Waals surface area contributed by atoms with Gasteiger partial charge in [0.15, 0.2) is 5.65 Å². The zero-order valence-electron chi connectivity index (χ0n) is 20.6. The molecular formula is C27H34ClN5O. The molecule has 1 saturated carbocycles. The fourth-order valence-corrected chi connectivity index (χ4v) is 5.01. The van der Waals surface area contributed by atoms with Gasteiger partial charge < -0.3 is 4.90 Å². The first kappa shape index (κ1) is 23.3. The van der Waals surface area contributed by atoms with Crippen molar-refractivity contribution in [2.75, 3.05) is 26.2 Å². The van der Waals surface area contributed by atoms with Crippen molar-refractivity contribution in [2.45, 2.75) is 65.0 Å². The van der Waals surface area contributed by atoms with Crippen molar-refractivity contribution in [1.29, 1.82) is 0 Å². The molecule has 0 N–H and O–H groups in total. The number of rotatable bonds is 4. The quantitative estimate of drug-likeness (QED) is 0.504. The van der Waals surface area contributed by atoms with E-state index in [9.17, 15) is 4.79 Å². The molecule has 2 aromatic heterocycles. The van der Waals surface area contributed by atoms with Crippen LogP contribution in [0.1, 0.15) is 73.3 Å². The molecule has 1 saturated heterocycles. The number of fused-ring (bicyclic) bond motifs is 1. The minimum absolute atomic E-state index is 0.110. The van der Waals surface area contributed by atoms with Crippen LogP contribution < -0.4 is 0 Å². The van der Waals surface area contributed by atoms with E-state index in [4.69, 9.17) is 21.7 Å². The van der Waals surface area contributed by atoms with E-state index in [1.54, 1.807) is 0 Å². The molecule has 1 aliphatic heterocycles. The maximum absolute atomic E-state index is 13.9. The van der Waals surface area contributed by atoms with Crippen molar-refractivity contribution in [3.63, 3.8) is 0 Å². The average molecular weight is 480 g/mol. The lowest BCUT2D eigenvalue weighted by Crippen LogP contribution is -2.35. The second-order valence-corrected chi connectivity index (χ2v) is 11.2. The van der Waals surface area contributed by atoms with Crippen LogP contribution in [-0.4, -0.2) is 56.7 Å². The van der Waals surface area contributed by atoms with Crippen LogP contribution in [0.25, 0.3) is 11.0 Å². The van der Waals surface area contributed by atoms with E-state index in [0.29, 0.717) is 5.92 Å². The summed E-state index contributed by atoms with van der Waals surface area (Å²) in [6.45, 7) is 12.6. The van der Waals surface area contributed by atoms with Crippen molar-refractivity contribution >= 4 is 28.5 Å². The summed E-state index contributed by atoms with van der Waals surface area (Å²) in [7, 11) is 0. The smallest absolute Gasteiger partial charge is 0.254 e. The number of aryl methyl sites for hydroxylation is 1. The first-order valence-corrected chi connectivity index (χ1v) is 12.8. The predicted octanol–water partition coefficient (Wildman–Crippen LogP) is 5.37. The van der Waals surface area contributed by atoms with Crippen molar-refractivity contribution in [2.24, 2.45) is 0 Å². The maximum atomic E-state index is 13.9. The molecule has 1 aromatic carbocycles. The highest BCUT2D eigenvalue weighted by Gasteiger charge is 2.32. The monoisotopic (exact) mass is 479 g/mol. The minimum Gasteiger partial charge on any atom is -0.337 e. The van der Waals surface area contributed by atoms with E-state index < -0.39 is 0 Å². The number of hydrogen-bond donors (Lipinski definition) is 0. The zero-order valence-corrected chi connectivity index (χ0v) is 21.4. The number of carbonyl (C=O) groups is 1. The van der Waals surface area contributed by atoms with E-state index in [-0.39, 0.29) is 11.4 Å². The number of amides is 1. The molecular weight excluding hydrogens is 446 g/mol. The van der Waals surface area contributed by atoms with Crippen LogP contribution in [0.4, 0.5) is 0 Å². The Morgan fingerprint density at radius 3 is 2.50 bits per heavy atom. The molecule has 6 nitrogen and oxygen atoms in total. The molecule has 0 atom stereocenters. The zero-order chi connectivity index (χ0) is 24.0. The molecule has 3 aromatic rings. The first-order valence-electron chi connectivity index (χ1n) is 12.4. The van der Waals surface area contributed by atoms with E-state index in [2.05, 4.69) is 43.9 Å². The van der Waals surface area contributed by atoms with E-state index in [0.717, 1.165) is 85.0 Å². The highest BCUT2D eigenvalue weighted by Crippen LogP contribution is 2.41. The third-order valence-electron chi connectivity index (χ3n) is 6.89. The maximum Gasteiger partial charge on any atom is 0.254 e. The van der Waals surface area contributed by atoms with Crippen LogP contribution in [0.5, 0.6) is 0 Å². The summed E-state index contributed by atoms with van der Waals surface area (Å²) in [5.41, 5.74) is 4.58. The number of hydrogen-bond acceptors (Lipinski definition) is 4. The van der Waals surface area contributed by atoms with Gasteiger partial charge in [0.05, 0.1) is 22.2 Å². The summed E-state index contributed by atoms with van der Waals surface area (Å²) in [6.07, 6.45) is 3.26. The lowest BCUT2D eigenvalue weighted by molar-refractivity contribution is 0.0763. The van der Waals surface area contributed by atoms with Gasteiger partial charge in [0.1, 0.15) is 0 Å². The molecule has 5 rings (SSSR count). The number of pyridine rings is 1. The number of nitrogens with zero attached hydrogens (tertiary/aromatic N) is 5. The van der Waals surface area contributed by atoms with Gasteiger partial charge in [-0.25, -0.2) is 9.67 Å². The van der Waals surface area contributed by atoms with E-state index in [1.807, 2.05) is 28.6 Å². The van der Waals surface area contributed by atoms with Crippen molar-refractivity contribution in [3.05, 3.63) is 57.9 Å². The minimum atomic E-state index is -0.202. The van der Waals surface area contributed by atoms with Crippen LogP contribution >= 0.6 is 11.6 Å². The molecule has 34 heavy (non-hydrogen) atoms. The second-order valence-electron chi connectivity index (χ2n) is 10.8. The summed E-state index contributed by atoms with van der Waals surface area (Å²) >= 11 is 6.04. The van der Waals surface area contributed by atoms with Gasteiger partial charge in [0.25, 0.3) is 5.91 Å². The summed E-state index contributed by atoms with van der Waals surface area (Å²) in [6, 6.07) is 10.1. The number of halogens is 1. The molecule has 0 spiro atoms. The van der Waals surface area contributed by atoms with E-state index >= 15 is 0 Å². The predicted molar refractivity (Wildman–Crippen MR) is 136 cm³/mol. The molecule has 0 unspecified atom stereocenters. The normalized spacial score (nSPS) is 17.9. The first-order chi connectivity index (χ1) is 16.2. The van der Waals surface area contributed by atoms with Gasteiger partial charge in [-0.2, -0.15) is 5.10 Å². The Bertz CT molecular complexity index is 1210. The summed E-state index contributed by atoms with van der Waals surface area (Å²) in [5, 5.41) is 6.49. The molecule has 1 amide bonds. The standard InChI is InChI=1S/C27H34ClN5O/c1-18-24-22(16-23(20-8-9-20)29-25(24)33(30-18)27(2,3)4)26(34)32-13-5-12-31(14-15-32)17-19-6-10-21(28)11-7-19/h6-7,10-11,16,20H,5,8-9,12-15,17H2,1-4H3. The van der Waals surface area contributed by atoms with Crippen LogP contribution in [0.3, 0.4) is 0 Å². The van der Waals surface area contributed by atoms with Crippen LogP contribution in [-0.2, 0) is 12.1 Å². The third kappa shape index (κ3) is 4.71. The highest BCUT2D eigenvalue weighted by molar-refractivity contribution is 6.30. The molecule has 7 heteroatoms. The summed E-state index contributed by atoms with van der Waals surface area (Å²) in [4.78, 5) is 23.4. The average Bonchev–Trinajstić information content (AvgIpc) is 3.61. The molecule has 180 valence electrons. The van der Waals surface area contributed by atoms with Crippen LogP contribution in [0.2, 0.25) is 5.02 Å². The van der Waals surface area contributed by atoms with Crippen LogP contribution in [0.15, 0.2) is 30.3 Å². The second kappa shape index (κ2) is 8.97. The lowest BCUT2D eigenvalue weighted by Gasteiger charge is -2.23. The fraction of sp³-hybridized carbons (Fsp3) is 0.519.